The number of aromatic nitrogens is 2. The van der Waals surface area contributed by atoms with E-state index in [0.717, 1.165) is 12.8 Å². The van der Waals surface area contributed by atoms with E-state index < -0.39 is 11.9 Å². The molecule has 0 saturated carbocycles. The van der Waals surface area contributed by atoms with Gasteiger partial charge in [-0.05, 0) is 49.6 Å². The Labute approximate surface area is 184 Å². The molecule has 2 aliphatic rings. The maximum atomic E-state index is 15.1. The van der Waals surface area contributed by atoms with Crippen molar-refractivity contribution in [2.45, 2.75) is 38.6 Å². The first-order valence-corrected chi connectivity index (χ1v) is 10.7. The topological polar surface area (TPSA) is 89.7 Å². The van der Waals surface area contributed by atoms with E-state index in [0.29, 0.717) is 59.5 Å². The lowest BCUT2D eigenvalue weighted by Crippen LogP contribution is -2.47. The fraction of sp³-hybridized carbons (Fsp3) is 0.348. The van der Waals surface area contributed by atoms with Crippen LogP contribution in [0.4, 0.5) is 15.8 Å². The van der Waals surface area contributed by atoms with Crippen LogP contribution in [0.5, 0.6) is 11.5 Å². The van der Waals surface area contributed by atoms with E-state index in [1.807, 2.05) is 11.8 Å². The predicted molar refractivity (Wildman–Crippen MR) is 115 cm³/mol. The van der Waals surface area contributed by atoms with Gasteiger partial charge in [0.25, 0.3) is 0 Å². The molecule has 0 aliphatic carbocycles. The Bertz CT molecular complexity index is 1150. The van der Waals surface area contributed by atoms with Crippen LogP contribution in [0.3, 0.4) is 0 Å². The molecule has 1 fully saturated rings. The highest BCUT2D eigenvalue weighted by Gasteiger charge is 2.31. The van der Waals surface area contributed by atoms with Gasteiger partial charge in [-0.3, -0.25) is 4.79 Å². The van der Waals surface area contributed by atoms with E-state index in [4.69, 9.17) is 14.0 Å². The van der Waals surface area contributed by atoms with Gasteiger partial charge in [0.1, 0.15) is 11.9 Å². The summed E-state index contributed by atoms with van der Waals surface area (Å²) in [6, 6.07) is 9.61. The zero-order valence-corrected chi connectivity index (χ0v) is 17.6. The minimum absolute atomic E-state index is 0.169. The Hall–Kier alpha value is -3.62. The lowest BCUT2D eigenvalue weighted by molar-refractivity contribution is -0.117. The molecule has 1 N–H and O–H groups in total. The molecule has 8 nitrogen and oxygen atoms in total. The highest BCUT2D eigenvalue weighted by molar-refractivity contribution is 5.97. The Morgan fingerprint density at radius 3 is 2.88 bits per heavy atom. The Kier molecular flexibility index (Phi) is 5.38. The fourth-order valence-electron chi connectivity index (χ4n) is 4.09. The average molecular weight is 438 g/mol. The van der Waals surface area contributed by atoms with E-state index in [2.05, 4.69) is 15.5 Å². The van der Waals surface area contributed by atoms with Crippen LogP contribution in [0.2, 0.25) is 0 Å². The fourth-order valence-corrected chi connectivity index (χ4v) is 4.09. The molecule has 1 atom stereocenters. The van der Waals surface area contributed by atoms with Crippen molar-refractivity contribution in [2.75, 3.05) is 23.6 Å². The minimum Gasteiger partial charge on any atom is -0.454 e. The van der Waals surface area contributed by atoms with E-state index in [-0.39, 0.29) is 12.7 Å². The van der Waals surface area contributed by atoms with Crippen molar-refractivity contribution in [3.8, 4) is 22.9 Å². The third kappa shape index (κ3) is 3.86. The number of carbonyl (C=O) groups excluding carboxylic acids is 1. The number of nitrogens with zero attached hydrogens (tertiary/aromatic N) is 3. The largest absolute Gasteiger partial charge is 0.454 e. The number of benzene rings is 2. The van der Waals surface area contributed by atoms with Crippen LogP contribution in [0, 0.1) is 5.82 Å². The van der Waals surface area contributed by atoms with Crippen LogP contribution >= 0.6 is 0 Å². The SMILES string of the molecule is CCc1nc(-c2ccc(N3CCCCC3C(=O)Nc3ccc4c(c3)OCO4)c(F)c2)no1. The molecular formula is C23H23FN4O4. The molecule has 0 bridgehead atoms. The second-order valence-electron chi connectivity index (χ2n) is 7.79. The van der Waals surface area contributed by atoms with Gasteiger partial charge in [-0.25, -0.2) is 4.39 Å². The molecule has 5 rings (SSSR count). The maximum Gasteiger partial charge on any atom is 0.247 e. The van der Waals surface area contributed by atoms with Crippen LogP contribution in [0.25, 0.3) is 11.4 Å². The zero-order chi connectivity index (χ0) is 22.1. The number of carbonyl (C=O) groups is 1. The van der Waals surface area contributed by atoms with Crippen molar-refractivity contribution in [1.82, 2.24) is 10.1 Å². The van der Waals surface area contributed by atoms with Gasteiger partial charge in [0.05, 0.1) is 5.69 Å². The van der Waals surface area contributed by atoms with Crippen LogP contribution in [-0.2, 0) is 11.2 Å². The second kappa shape index (κ2) is 8.49. The number of rotatable bonds is 5. The summed E-state index contributed by atoms with van der Waals surface area (Å²) in [6.45, 7) is 2.67. The Morgan fingerprint density at radius 1 is 1.19 bits per heavy atom. The first-order chi connectivity index (χ1) is 15.6. The molecule has 166 valence electrons. The van der Waals surface area contributed by atoms with Gasteiger partial charge >= 0.3 is 0 Å². The summed E-state index contributed by atoms with van der Waals surface area (Å²) in [4.78, 5) is 19.2. The molecule has 1 amide bonds. The van der Waals surface area contributed by atoms with Crippen molar-refractivity contribution < 1.29 is 23.2 Å². The molecule has 2 aromatic carbocycles. The molecule has 32 heavy (non-hydrogen) atoms. The molecule has 1 saturated heterocycles. The maximum absolute atomic E-state index is 15.1. The first kappa shape index (κ1) is 20.3. The summed E-state index contributed by atoms with van der Waals surface area (Å²) in [5.41, 5.74) is 1.54. The smallest absolute Gasteiger partial charge is 0.247 e. The van der Waals surface area contributed by atoms with Crippen LogP contribution in [0.15, 0.2) is 40.9 Å². The monoisotopic (exact) mass is 438 g/mol. The molecule has 1 unspecified atom stereocenters. The number of fused-ring (bicyclic) bond motifs is 1. The summed E-state index contributed by atoms with van der Waals surface area (Å²) in [5.74, 6) is 1.49. The normalized spacial score (nSPS) is 17.4. The number of anilines is 2. The number of hydrogen-bond acceptors (Lipinski definition) is 7. The highest BCUT2D eigenvalue weighted by Crippen LogP contribution is 2.35. The summed E-state index contributed by atoms with van der Waals surface area (Å²) in [6.07, 6.45) is 3.04. The summed E-state index contributed by atoms with van der Waals surface area (Å²) >= 11 is 0. The first-order valence-electron chi connectivity index (χ1n) is 10.7. The Morgan fingerprint density at radius 2 is 2.06 bits per heavy atom. The van der Waals surface area contributed by atoms with Gasteiger partial charge in [-0.2, -0.15) is 4.98 Å². The number of piperidine rings is 1. The van der Waals surface area contributed by atoms with E-state index in [1.54, 1.807) is 30.3 Å². The minimum atomic E-state index is -0.480. The second-order valence-corrected chi connectivity index (χ2v) is 7.79. The number of nitrogens with one attached hydrogen (secondary N) is 1. The molecule has 0 spiro atoms. The van der Waals surface area contributed by atoms with Gasteiger partial charge in [0.2, 0.25) is 24.4 Å². The molecule has 3 aromatic rings. The molecule has 1 aromatic heterocycles. The van der Waals surface area contributed by atoms with Gasteiger partial charge in [0, 0.05) is 30.3 Å². The van der Waals surface area contributed by atoms with E-state index >= 15 is 4.39 Å². The number of hydrogen-bond donors (Lipinski definition) is 1. The quantitative estimate of drug-likeness (QED) is 0.640. The zero-order valence-electron chi connectivity index (χ0n) is 17.6. The molecule has 3 heterocycles. The van der Waals surface area contributed by atoms with E-state index in [9.17, 15) is 4.79 Å². The van der Waals surface area contributed by atoms with Crippen molar-refractivity contribution >= 4 is 17.3 Å². The van der Waals surface area contributed by atoms with Crippen LogP contribution in [0.1, 0.15) is 32.1 Å². The number of ether oxygens (including phenoxy) is 2. The third-order valence-corrected chi connectivity index (χ3v) is 5.73. The number of aryl methyl sites for hydroxylation is 1. The number of halogens is 1. The standard InChI is InChI=1S/C23H23FN4O4/c1-2-21-26-22(27-32-21)14-6-8-17(16(24)11-14)28-10-4-3-5-18(28)23(29)25-15-7-9-19-20(12-15)31-13-30-19/h6-9,11-12,18H,2-5,10,13H2,1H3,(H,25,29). The lowest BCUT2D eigenvalue weighted by Gasteiger charge is -2.36. The van der Waals surface area contributed by atoms with Gasteiger partial charge < -0.3 is 24.2 Å². The molecule has 0 radical (unpaired) electrons. The average Bonchev–Trinajstić information content (AvgIpc) is 3.48. The summed E-state index contributed by atoms with van der Waals surface area (Å²) in [5, 5.41) is 6.84. The van der Waals surface area contributed by atoms with E-state index in [1.165, 1.54) is 6.07 Å². The van der Waals surface area contributed by atoms with Crippen molar-refractivity contribution in [3.63, 3.8) is 0 Å². The van der Waals surface area contributed by atoms with Gasteiger partial charge in [0.15, 0.2) is 11.5 Å². The van der Waals surface area contributed by atoms with Gasteiger partial charge in [-0.1, -0.05) is 12.1 Å². The molecular weight excluding hydrogens is 415 g/mol. The highest BCUT2D eigenvalue weighted by atomic mass is 19.1. The van der Waals surface area contributed by atoms with Crippen molar-refractivity contribution in [3.05, 3.63) is 48.1 Å². The van der Waals surface area contributed by atoms with Crippen molar-refractivity contribution in [1.29, 1.82) is 0 Å². The third-order valence-electron chi connectivity index (χ3n) is 5.73. The predicted octanol–water partition coefficient (Wildman–Crippen LogP) is 4.16. The van der Waals surface area contributed by atoms with Crippen LogP contribution < -0.4 is 19.7 Å². The number of amides is 1. The van der Waals surface area contributed by atoms with Gasteiger partial charge in [-0.15, -0.1) is 0 Å². The van der Waals surface area contributed by atoms with Crippen LogP contribution in [-0.4, -0.2) is 35.4 Å². The van der Waals surface area contributed by atoms with Crippen molar-refractivity contribution in [2.24, 2.45) is 0 Å². The lowest BCUT2D eigenvalue weighted by atomic mass is 9.99. The molecule has 9 heteroatoms. The summed E-state index contributed by atoms with van der Waals surface area (Å²) < 4.78 is 30.9. The Balaban J connectivity index is 1.36. The summed E-state index contributed by atoms with van der Waals surface area (Å²) in [7, 11) is 0. The molecule has 2 aliphatic heterocycles.